The SMILES string of the molecule is CCOC(=O)CN1CC(C(=O)OCc2ccccc2)NC1=O. The Labute approximate surface area is 128 Å². The fraction of sp³-hybridized carbons (Fsp3) is 0.400. The van der Waals surface area contributed by atoms with Crippen molar-refractivity contribution >= 4 is 18.0 Å². The van der Waals surface area contributed by atoms with Crippen molar-refractivity contribution in [3.63, 3.8) is 0 Å². The number of ether oxygens (including phenoxy) is 2. The third kappa shape index (κ3) is 4.21. The Morgan fingerprint density at radius 3 is 2.68 bits per heavy atom. The maximum Gasteiger partial charge on any atom is 0.330 e. The van der Waals surface area contributed by atoms with Crippen molar-refractivity contribution in [2.75, 3.05) is 19.7 Å². The maximum atomic E-state index is 11.9. The van der Waals surface area contributed by atoms with Crippen LogP contribution in [0.5, 0.6) is 0 Å². The molecule has 1 atom stereocenters. The van der Waals surface area contributed by atoms with E-state index < -0.39 is 24.0 Å². The van der Waals surface area contributed by atoms with E-state index in [-0.39, 0.29) is 26.3 Å². The van der Waals surface area contributed by atoms with E-state index in [1.54, 1.807) is 6.92 Å². The highest BCUT2D eigenvalue weighted by atomic mass is 16.5. The van der Waals surface area contributed by atoms with Crippen molar-refractivity contribution in [1.82, 2.24) is 10.2 Å². The largest absolute Gasteiger partial charge is 0.465 e. The van der Waals surface area contributed by atoms with Gasteiger partial charge in [-0.25, -0.2) is 9.59 Å². The minimum absolute atomic E-state index is 0.0886. The van der Waals surface area contributed by atoms with Crippen LogP contribution in [0.15, 0.2) is 30.3 Å². The zero-order chi connectivity index (χ0) is 15.9. The molecule has 7 heteroatoms. The van der Waals surface area contributed by atoms with E-state index in [1.807, 2.05) is 30.3 Å². The summed E-state index contributed by atoms with van der Waals surface area (Å²) in [6.45, 7) is 1.99. The summed E-state index contributed by atoms with van der Waals surface area (Å²) < 4.78 is 9.94. The van der Waals surface area contributed by atoms with Gasteiger partial charge in [-0.2, -0.15) is 0 Å². The van der Waals surface area contributed by atoms with E-state index in [4.69, 9.17) is 9.47 Å². The van der Waals surface area contributed by atoms with Gasteiger partial charge in [0.05, 0.1) is 13.2 Å². The molecule has 1 saturated heterocycles. The first-order chi connectivity index (χ1) is 10.6. The number of esters is 2. The minimum atomic E-state index is -0.773. The smallest absolute Gasteiger partial charge is 0.330 e. The van der Waals surface area contributed by atoms with Gasteiger partial charge in [0, 0.05) is 0 Å². The number of amides is 2. The van der Waals surface area contributed by atoms with E-state index in [0.29, 0.717) is 0 Å². The topological polar surface area (TPSA) is 84.9 Å². The number of carbonyl (C=O) groups is 3. The maximum absolute atomic E-state index is 11.9. The molecule has 2 amide bonds. The summed E-state index contributed by atoms with van der Waals surface area (Å²) in [4.78, 5) is 36.2. The van der Waals surface area contributed by atoms with Crippen LogP contribution >= 0.6 is 0 Å². The lowest BCUT2D eigenvalue weighted by Gasteiger charge is -2.13. The van der Waals surface area contributed by atoms with Gasteiger partial charge in [0.2, 0.25) is 0 Å². The molecule has 0 saturated carbocycles. The van der Waals surface area contributed by atoms with E-state index in [2.05, 4.69) is 5.32 Å². The van der Waals surface area contributed by atoms with Crippen LogP contribution in [0.1, 0.15) is 12.5 Å². The molecule has 0 aromatic heterocycles. The van der Waals surface area contributed by atoms with Crippen LogP contribution < -0.4 is 5.32 Å². The zero-order valence-electron chi connectivity index (χ0n) is 12.3. The predicted octanol–water partition coefficient (Wildman–Crippen LogP) is 0.687. The fourth-order valence-electron chi connectivity index (χ4n) is 2.05. The molecule has 1 aromatic carbocycles. The van der Waals surface area contributed by atoms with Crippen molar-refractivity contribution in [2.24, 2.45) is 0 Å². The lowest BCUT2D eigenvalue weighted by atomic mass is 10.2. The highest BCUT2D eigenvalue weighted by Gasteiger charge is 2.35. The van der Waals surface area contributed by atoms with Crippen molar-refractivity contribution < 1.29 is 23.9 Å². The second kappa shape index (κ2) is 7.44. The number of nitrogens with one attached hydrogen (secondary N) is 1. The van der Waals surface area contributed by atoms with E-state index in [9.17, 15) is 14.4 Å². The van der Waals surface area contributed by atoms with Crippen molar-refractivity contribution in [1.29, 1.82) is 0 Å². The standard InChI is InChI=1S/C15H18N2O5/c1-2-21-13(18)9-17-8-12(16-15(17)20)14(19)22-10-11-6-4-3-5-7-11/h3-7,12H,2,8-10H2,1H3,(H,16,20). The second-order valence-electron chi connectivity index (χ2n) is 4.78. The molecule has 0 aliphatic carbocycles. The molecule has 1 aromatic rings. The van der Waals surface area contributed by atoms with Gasteiger partial charge in [-0.05, 0) is 12.5 Å². The van der Waals surface area contributed by atoms with Crippen LogP contribution in [-0.2, 0) is 25.7 Å². The van der Waals surface area contributed by atoms with E-state index in [1.165, 1.54) is 4.90 Å². The molecular weight excluding hydrogens is 288 g/mol. The Bertz CT molecular complexity index is 546. The van der Waals surface area contributed by atoms with Crippen LogP contribution in [0, 0.1) is 0 Å². The first-order valence-electron chi connectivity index (χ1n) is 7.01. The molecule has 118 valence electrons. The number of hydrogen-bond acceptors (Lipinski definition) is 5. The molecule has 1 heterocycles. The zero-order valence-corrected chi connectivity index (χ0v) is 12.3. The lowest BCUT2D eigenvalue weighted by molar-refractivity contribution is -0.148. The first-order valence-corrected chi connectivity index (χ1v) is 7.01. The molecule has 1 N–H and O–H groups in total. The Morgan fingerprint density at radius 1 is 1.27 bits per heavy atom. The van der Waals surface area contributed by atoms with Gasteiger partial charge < -0.3 is 19.7 Å². The summed E-state index contributed by atoms with van der Waals surface area (Å²) in [6, 6.07) is 8.00. The molecule has 22 heavy (non-hydrogen) atoms. The summed E-state index contributed by atoms with van der Waals surface area (Å²) in [6.07, 6.45) is 0. The van der Waals surface area contributed by atoms with Crippen LogP contribution in [0.4, 0.5) is 4.79 Å². The van der Waals surface area contributed by atoms with Gasteiger partial charge in [0.25, 0.3) is 0 Å². The van der Waals surface area contributed by atoms with Gasteiger partial charge in [0.1, 0.15) is 19.2 Å². The normalized spacial score (nSPS) is 17.0. The molecule has 0 bridgehead atoms. The van der Waals surface area contributed by atoms with Crippen molar-refractivity contribution in [3.05, 3.63) is 35.9 Å². The third-order valence-corrected chi connectivity index (χ3v) is 3.12. The molecule has 1 aliphatic heterocycles. The molecular formula is C15H18N2O5. The Morgan fingerprint density at radius 2 is 2.00 bits per heavy atom. The van der Waals surface area contributed by atoms with E-state index >= 15 is 0 Å². The van der Waals surface area contributed by atoms with Gasteiger partial charge >= 0.3 is 18.0 Å². The average molecular weight is 306 g/mol. The van der Waals surface area contributed by atoms with Crippen molar-refractivity contribution in [2.45, 2.75) is 19.6 Å². The molecule has 1 fully saturated rings. The van der Waals surface area contributed by atoms with E-state index in [0.717, 1.165) is 5.56 Å². The summed E-state index contributed by atoms with van der Waals surface area (Å²) in [5, 5.41) is 2.49. The summed E-state index contributed by atoms with van der Waals surface area (Å²) >= 11 is 0. The molecule has 7 nitrogen and oxygen atoms in total. The monoisotopic (exact) mass is 306 g/mol. The number of nitrogens with zero attached hydrogens (tertiary/aromatic N) is 1. The number of urea groups is 1. The minimum Gasteiger partial charge on any atom is -0.465 e. The summed E-state index contributed by atoms with van der Waals surface area (Å²) in [7, 11) is 0. The molecule has 2 rings (SSSR count). The van der Waals surface area contributed by atoms with Crippen molar-refractivity contribution in [3.8, 4) is 0 Å². The fourth-order valence-corrected chi connectivity index (χ4v) is 2.05. The second-order valence-corrected chi connectivity index (χ2v) is 4.78. The summed E-state index contributed by atoms with van der Waals surface area (Å²) in [5.74, 6) is -1.03. The first kappa shape index (κ1) is 15.8. The average Bonchev–Trinajstić information content (AvgIpc) is 2.87. The van der Waals surface area contributed by atoms with Gasteiger partial charge in [-0.3, -0.25) is 4.79 Å². The quantitative estimate of drug-likeness (QED) is 0.782. The molecule has 1 aliphatic rings. The Hall–Kier alpha value is -2.57. The number of hydrogen-bond donors (Lipinski definition) is 1. The van der Waals surface area contributed by atoms with Crippen LogP contribution in [0.2, 0.25) is 0 Å². The number of carbonyl (C=O) groups excluding carboxylic acids is 3. The van der Waals surface area contributed by atoms with Crippen LogP contribution in [0.25, 0.3) is 0 Å². The number of rotatable bonds is 6. The van der Waals surface area contributed by atoms with Gasteiger partial charge in [0.15, 0.2) is 0 Å². The Balaban J connectivity index is 1.82. The van der Waals surface area contributed by atoms with Gasteiger partial charge in [-0.15, -0.1) is 0 Å². The molecule has 0 spiro atoms. The Kier molecular flexibility index (Phi) is 5.35. The summed E-state index contributed by atoms with van der Waals surface area (Å²) in [5.41, 5.74) is 0.864. The van der Waals surface area contributed by atoms with Gasteiger partial charge in [-0.1, -0.05) is 30.3 Å². The lowest BCUT2D eigenvalue weighted by Crippen LogP contribution is -2.35. The third-order valence-electron chi connectivity index (χ3n) is 3.12. The predicted molar refractivity (Wildman–Crippen MR) is 76.8 cm³/mol. The molecule has 0 radical (unpaired) electrons. The van der Waals surface area contributed by atoms with Crippen LogP contribution in [-0.4, -0.2) is 48.6 Å². The molecule has 1 unspecified atom stereocenters. The van der Waals surface area contributed by atoms with Crippen LogP contribution in [0.3, 0.4) is 0 Å². The highest BCUT2D eigenvalue weighted by Crippen LogP contribution is 2.08. The number of benzene rings is 1. The highest BCUT2D eigenvalue weighted by molar-refractivity contribution is 5.89.